The third-order valence-corrected chi connectivity index (χ3v) is 6.55. The zero-order valence-corrected chi connectivity index (χ0v) is 18.8. The summed E-state index contributed by atoms with van der Waals surface area (Å²) in [6.07, 6.45) is 6.44. The molecule has 0 saturated heterocycles. The summed E-state index contributed by atoms with van der Waals surface area (Å²) >= 11 is 0. The molecule has 2 heterocycles. The summed E-state index contributed by atoms with van der Waals surface area (Å²) in [7, 11) is 0. The van der Waals surface area contributed by atoms with Crippen molar-refractivity contribution >= 4 is 23.0 Å². The maximum Gasteiger partial charge on any atom is 0.275 e. The smallest absolute Gasteiger partial charge is 0.275 e. The highest BCUT2D eigenvalue weighted by molar-refractivity contribution is 5.97. The maximum atomic E-state index is 12.9. The van der Waals surface area contributed by atoms with E-state index in [0.717, 1.165) is 43.1 Å². The zero-order valence-electron chi connectivity index (χ0n) is 24.8. The van der Waals surface area contributed by atoms with E-state index < -0.39 is 48.2 Å². The van der Waals surface area contributed by atoms with Gasteiger partial charge in [0.2, 0.25) is 0 Å². The van der Waals surface area contributed by atoms with Gasteiger partial charge in [-0.3, -0.25) is 19.4 Å². The summed E-state index contributed by atoms with van der Waals surface area (Å²) in [4.78, 5) is 46.1. The second kappa shape index (κ2) is 8.89. The zero-order chi connectivity index (χ0) is 29.6. The predicted molar refractivity (Wildman–Crippen MR) is 130 cm³/mol. The first-order chi connectivity index (χ1) is 18.6. The van der Waals surface area contributed by atoms with Crippen LogP contribution < -0.4 is 21.5 Å². The van der Waals surface area contributed by atoms with Crippen molar-refractivity contribution in [2.24, 2.45) is 5.41 Å². The molecule has 9 heteroatoms. The number of carbonyl (C=O) groups is 1. The molecule has 1 atom stereocenters. The first-order valence-corrected chi connectivity index (χ1v) is 10.9. The van der Waals surface area contributed by atoms with E-state index in [9.17, 15) is 19.5 Å². The Morgan fingerprint density at radius 2 is 1.85 bits per heavy atom. The van der Waals surface area contributed by atoms with Crippen molar-refractivity contribution in [2.45, 2.75) is 45.6 Å². The van der Waals surface area contributed by atoms with Crippen LogP contribution in [0.1, 0.15) is 68.6 Å². The first-order valence-electron chi connectivity index (χ1n) is 13.9. The molecule has 0 radical (unpaired) electrons. The number of aromatic nitrogens is 2. The van der Waals surface area contributed by atoms with Gasteiger partial charge < -0.3 is 20.6 Å². The van der Waals surface area contributed by atoms with E-state index in [1.54, 1.807) is 6.20 Å². The molecule has 3 aromatic rings. The molecule has 0 unspecified atom stereocenters. The quantitative estimate of drug-likeness (QED) is 0.450. The van der Waals surface area contributed by atoms with Crippen molar-refractivity contribution in [1.82, 2.24) is 14.9 Å². The van der Waals surface area contributed by atoms with Gasteiger partial charge in [0.25, 0.3) is 16.8 Å². The molecule has 0 bridgehead atoms. The number of rotatable bonds is 7. The number of aryl methyl sites for hydroxylation is 1. The van der Waals surface area contributed by atoms with Gasteiger partial charge in [0.05, 0.1) is 17.4 Å². The van der Waals surface area contributed by atoms with E-state index in [4.69, 9.17) is 8.22 Å². The van der Waals surface area contributed by atoms with Crippen molar-refractivity contribution < 1.29 is 18.1 Å². The van der Waals surface area contributed by atoms with Gasteiger partial charge in [-0.15, -0.1) is 0 Å². The van der Waals surface area contributed by atoms with Crippen molar-refractivity contribution in [2.75, 3.05) is 24.6 Å². The van der Waals surface area contributed by atoms with Crippen LogP contribution in [0.2, 0.25) is 0 Å². The van der Waals surface area contributed by atoms with E-state index in [-0.39, 0.29) is 27.4 Å². The Morgan fingerprint density at radius 1 is 1.15 bits per heavy atom. The van der Waals surface area contributed by atoms with Crippen molar-refractivity contribution in [3.05, 3.63) is 68.0 Å². The van der Waals surface area contributed by atoms with Gasteiger partial charge in [-0.25, -0.2) is 4.98 Å². The Kier molecular flexibility index (Phi) is 4.39. The molecule has 178 valence electrons. The Balaban J connectivity index is 1.70. The minimum atomic E-state index is -3.36. The third-order valence-electron chi connectivity index (χ3n) is 6.55. The SMILES string of the molecule is [2H]C([2H])([2H])N(C(=O)c1nccc(Nc2c(N[C@@H](c3ncccc3C)C3(C)CCCC3)c(=O)c2=O)c1O)C([2H])([2H])[2H]. The summed E-state index contributed by atoms with van der Waals surface area (Å²) in [5, 5.41) is 16.6. The molecular formula is C25H29N5O4. The molecule has 1 aliphatic carbocycles. The molecule has 2 aromatic heterocycles. The lowest BCUT2D eigenvalue weighted by atomic mass is 9.77. The monoisotopic (exact) mass is 469 g/mol. The van der Waals surface area contributed by atoms with Gasteiger partial charge in [0.15, 0.2) is 11.4 Å². The van der Waals surface area contributed by atoms with Gasteiger partial charge in [-0.1, -0.05) is 25.8 Å². The van der Waals surface area contributed by atoms with Crippen molar-refractivity contribution in [3.63, 3.8) is 0 Å². The van der Waals surface area contributed by atoms with Gasteiger partial charge in [0, 0.05) is 34.6 Å². The molecule has 1 amide bonds. The summed E-state index contributed by atoms with van der Waals surface area (Å²) < 4.78 is 44.8. The molecular weight excluding hydrogens is 434 g/mol. The molecule has 1 aliphatic rings. The topological polar surface area (TPSA) is 125 Å². The number of hydrogen-bond donors (Lipinski definition) is 3. The van der Waals surface area contributed by atoms with Crippen LogP contribution in [0.4, 0.5) is 17.1 Å². The highest BCUT2D eigenvalue weighted by Gasteiger charge is 2.41. The molecule has 1 saturated carbocycles. The van der Waals surface area contributed by atoms with Crippen molar-refractivity contribution in [1.29, 1.82) is 0 Å². The van der Waals surface area contributed by atoms with Gasteiger partial charge >= 0.3 is 0 Å². The lowest BCUT2D eigenvalue weighted by Crippen LogP contribution is -2.40. The standard InChI is InChI=1S/C25H29N5O4/c1-14-8-7-12-26-16(14)23(25(2)10-5-6-11-25)29-18-17(21(32)22(18)33)28-15-9-13-27-19(20(15)31)24(34)30(3)4/h7-9,12-13,23,29,31H,5-6,10-11H2,1-4H3,(H,27,28)/t23-/m0/s1/i3D3,4D3. The normalized spacial score (nSPS) is 19.1. The minimum absolute atomic E-state index is 0.0242. The summed E-state index contributed by atoms with van der Waals surface area (Å²) in [5.74, 6) is -2.45. The van der Waals surface area contributed by atoms with Crippen molar-refractivity contribution in [3.8, 4) is 5.75 Å². The van der Waals surface area contributed by atoms with Crippen LogP contribution in [0, 0.1) is 12.3 Å². The highest BCUT2D eigenvalue weighted by atomic mass is 16.3. The number of hydrogen-bond acceptors (Lipinski definition) is 8. The number of anilines is 3. The van der Waals surface area contributed by atoms with Crippen LogP contribution in [-0.4, -0.2) is 39.8 Å². The van der Waals surface area contributed by atoms with Gasteiger partial charge in [-0.2, -0.15) is 0 Å². The molecule has 34 heavy (non-hydrogen) atoms. The van der Waals surface area contributed by atoms with E-state index in [0.29, 0.717) is 0 Å². The van der Waals surface area contributed by atoms with Crippen LogP contribution in [0.25, 0.3) is 0 Å². The fraction of sp³-hybridized carbons (Fsp3) is 0.400. The molecule has 0 aliphatic heterocycles. The summed E-state index contributed by atoms with van der Waals surface area (Å²) in [5.41, 5.74) is -1.56. The summed E-state index contributed by atoms with van der Waals surface area (Å²) in [6.45, 7) is -2.71. The fourth-order valence-corrected chi connectivity index (χ4v) is 4.59. The molecule has 3 N–H and O–H groups in total. The van der Waals surface area contributed by atoms with E-state index in [1.807, 2.05) is 19.1 Å². The molecule has 4 rings (SSSR count). The second-order valence-corrected chi connectivity index (χ2v) is 8.87. The average molecular weight is 470 g/mol. The van der Waals surface area contributed by atoms with Gasteiger partial charge in [-0.05, 0) is 42.9 Å². The first kappa shape index (κ1) is 16.8. The van der Waals surface area contributed by atoms with Crippen LogP contribution in [0.15, 0.2) is 40.2 Å². The molecule has 0 spiro atoms. The predicted octanol–water partition coefficient (Wildman–Crippen LogP) is 3.27. The molecule has 9 nitrogen and oxygen atoms in total. The van der Waals surface area contributed by atoms with E-state index in [2.05, 4.69) is 27.5 Å². The Morgan fingerprint density at radius 3 is 2.53 bits per heavy atom. The van der Waals surface area contributed by atoms with Gasteiger partial charge in [0.1, 0.15) is 11.4 Å². The van der Waals surface area contributed by atoms with E-state index >= 15 is 0 Å². The van der Waals surface area contributed by atoms with E-state index in [1.165, 1.54) is 6.07 Å². The fourth-order valence-electron chi connectivity index (χ4n) is 4.59. The Hall–Kier alpha value is -3.75. The Bertz CT molecular complexity index is 1490. The lowest BCUT2D eigenvalue weighted by Gasteiger charge is -2.36. The lowest BCUT2D eigenvalue weighted by molar-refractivity contribution is 0.0819. The largest absolute Gasteiger partial charge is 0.504 e. The third kappa shape index (κ3) is 4.02. The maximum absolute atomic E-state index is 12.9. The highest BCUT2D eigenvalue weighted by Crippen LogP contribution is 2.49. The van der Waals surface area contributed by atoms with Crippen LogP contribution in [-0.2, 0) is 0 Å². The number of amides is 1. The number of carbonyl (C=O) groups excluding carboxylic acids is 1. The number of nitrogens with zero attached hydrogens (tertiary/aromatic N) is 3. The Labute approximate surface area is 206 Å². The molecule has 1 fully saturated rings. The van der Waals surface area contributed by atoms with Crippen LogP contribution in [0.3, 0.4) is 0 Å². The second-order valence-electron chi connectivity index (χ2n) is 8.87. The average Bonchev–Trinajstić information content (AvgIpc) is 3.30. The molecule has 1 aromatic carbocycles. The summed E-state index contributed by atoms with van der Waals surface area (Å²) in [6, 6.07) is 4.50. The van der Waals surface area contributed by atoms with Crippen LogP contribution >= 0.6 is 0 Å². The number of pyridine rings is 2. The number of nitrogens with one attached hydrogen (secondary N) is 2. The number of aromatic hydroxyl groups is 1. The van der Waals surface area contributed by atoms with Crippen LogP contribution in [0.5, 0.6) is 5.75 Å². The minimum Gasteiger partial charge on any atom is -0.504 e.